The Labute approximate surface area is 232 Å². The number of anilines is 1. The minimum absolute atomic E-state index is 0.0916. The second kappa shape index (κ2) is 10.1. The molecule has 6 rings (SSSR count). The molecule has 7 nitrogen and oxygen atoms in total. The molecule has 204 valence electrons. The highest BCUT2D eigenvalue weighted by Crippen LogP contribution is 2.65. The number of rotatable bonds is 4. The number of ether oxygens (including phenoxy) is 1. The number of hydrogen-bond donors (Lipinski definition) is 1. The second-order valence-electron chi connectivity index (χ2n) is 11.1. The number of aliphatic hydroxyl groups excluding tert-OH is 1. The number of amides is 2. The molecule has 0 aromatic heterocycles. The number of benzene rings is 2. The average Bonchev–Trinajstić information content (AvgIpc) is 3.26. The summed E-state index contributed by atoms with van der Waals surface area (Å²) in [5.74, 6) is -2.19. The Morgan fingerprint density at radius 3 is 2.64 bits per heavy atom. The van der Waals surface area contributed by atoms with E-state index >= 15 is 0 Å². The van der Waals surface area contributed by atoms with Gasteiger partial charge in [0.1, 0.15) is 6.04 Å². The van der Waals surface area contributed by atoms with Gasteiger partial charge in [-0.2, -0.15) is 0 Å². The molecule has 0 radical (unpaired) electrons. The molecule has 2 amide bonds. The molecule has 4 heterocycles. The smallest absolute Gasteiger partial charge is 0.311 e. The van der Waals surface area contributed by atoms with Crippen LogP contribution in [0.5, 0.6) is 0 Å². The van der Waals surface area contributed by atoms with Gasteiger partial charge in [-0.1, -0.05) is 54.6 Å². The molecular formula is C31H34N2O5S. The summed E-state index contributed by atoms with van der Waals surface area (Å²) in [5.41, 5.74) is 0.769. The highest BCUT2D eigenvalue weighted by Gasteiger charge is 2.73. The van der Waals surface area contributed by atoms with Crippen LogP contribution < -0.4 is 4.90 Å². The third kappa shape index (κ3) is 4.19. The lowest BCUT2D eigenvalue weighted by Gasteiger charge is -2.37. The van der Waals surface area contributed by atoms with Crippen LogP contribution in [0.4, 0.5) is 5.69 Å². The molecular weight excluding hydrogens is 512 g/mol. The summed E-state index contributed by atoms with van der Waals surface area (Å²) in [4.78, 5) is 45.7. The molecule has 5 atom stereocenters. The molecule has 2 saturated heterocycles. The third-order valence-corrected chi connectivity index (χ3v) is 10.4. The van der Waals surface area contributed by atoms with Crippen molar-refractivity contribution in [2.24, 2.45) is 11.8 Å². The quantitative estimate of drug-likeness (QED) is 0.459. The van der Waals surface area contributed by atoms with Gasteiger partial charge in [0.05, 0.1) is 23.2 Å². The maximum Gasteiger partial charge on any atom is 0.311 e. The summed E-state index contributed by atoms with van der Waals surface area (Å²) in [5, 5.41) is 11.7. The number of carbonyl (C=O) groups excluding carboxylic acids is 3. The van der Waals surface area contributed by atoms with Crippen molar-refractivity contribution in [3.8, 4) is 0 Å². The van der Waals surface area contributed by atoms with Crippen LogP contribution >= 0.6 is 11.8 Å². The zero-order valence-electron chi connectivity index (χ0n) is 22.1. The lowest BCUT2D eigenvalue weighted by molar-refractivity contribution is -0.154. The first kappa shape index (κ1) is 26.1. The number of nitrogens with zero attached hydrogens (tertiary/aromatic N) is 2. The number of fused-ring (bicyclic) bond motifs is 3. The van der Waals surface area contributed by atoms with Crippen LogP contribution in [-0.2, 0) is 19.1 Å². The number of aliphatic hydroxyl groups is 1. The summed E-state index contributed by atoms with van der Waals surface area (Å²) in [7, 11) is 0. The number of likely N-dealkylation sites (tertiary alicyclic amines) is 1. The Kier molecular flexibility index (Phi) is 6.79. The standard InChI is InChI=1S/C31H34N2O5S/c1-30-14-6-2-3-7-19-38-29(37)25(30)24-27(35)33(17-9-18-34)26-28(36)32(16-8-15-31(24,26)39-30)23-13-12-21-10-4-5-11-22(21)20-23/h4-6,8,10-15,20,24-26,34H,2-3,7,9,16-19H2,1H3/b14-6-/t24-,25+,26?,30-,31-/m0/s1. The predicted octanol–water partition coefficient (Wildman–Crippen LogP) is 4.10. The molecule has 4 aliphatic heterocycles. The van der Waals surface area contributed by atoms with Gasteiger partial charge in [0.2, 0.25) is 5.91 Å². The van der Waals surface area contributed by atoms with Crippen LogP contribution in [0.15, 0.2) is 66.8 Å². The van der Waals surface area contributed by atoms with Gasteiger partial charge >= 0.3 is 5.97 Å². The third-order valence-electron chi connectivity index (χ3n) is 8.60. The van der Waals surface area contributed by atoms with Gasteiger partial charge < -0.3 is 19.6 Å². The number of allylic oxidation sites excluding steroid dienone is 1. The Morgan fingerprint density at radius 2 is 1.82 bits per heavy atom. The van der Waals surface area contributed by atoms with Crippen molar-refractivity contribution in [2.45, 2.75) is 48.1 Å². The van der Waals surface area contributed by atoms with E-state index in [1.807, 2.05) is 61.5 Å². The van der Waals surface area contributed by atoms with Crippen LogP contribution in [-0.4, -0.2) is 69.6 Å². The van der Waals surface area contributed by atoms with Crippen molar-refractivity contribution < 1.29 is 24.2 Å². The molecule has 2 aromatic rings. The molecule has 0 bridgehead atoms. The van der Waals surface area contributed by atoms with Gasteiger partial charge in [0.25, 0.3) is 5.91 Å². The number of hydrogen-bond acceptors (Lipinski definition) is 6. The molecule has 0 saturated carbocycles. The molecule has 1 N–H and O–H groups in total. The van der Waals surface area contributed by atoms with Crippen LogP contribution in [0, 0.1) is 11.8 Å². The van der Waals surface area contributed by atoms with E-state index in [0.29, 0.717) is 19.6 Å². The van der Waals surface area contributed by atoms with Gasteiger partial charge in [-0.3, -0.25) is 14.4 Å². The molecule has 8 heteroatoms. The monoisotopic (exact) mass is 546 g/mol. The largest absolute Gasteiger partial charge is 0.465 e. The lowest BCUT2D eigenvalue weighted by Crippen LogP contribution is -2.53. The molecule has 1 spiro atoms. The first-order valence-electron chi connectivity index (χ1n) is 13.8. The van der Waals surface area contributed by atoms with Crippen molar-refractivity contribution in [1.29, 1.82) is 0 Å². The lowest BCUT2D eigenvalue weighted by atomic mass is 9.74. The van der Waals surface area contributed by atoms with Crippen LogP contribution in [0.1, 0.15) is 32.6 Å². The average molecular weight is 547 g/mol. The van der Waals surface area contributed by atoms with E-state index in [2.05, 4.69) is 12.2 Å². The van der Waals surface area contributed by atoms with Crippen molar-refractivity contribution in [3.63, 3.8) is 0 Å². The minimum Gasteiger partial charge on any atom is -0.465 e. The summed E-state index contributed by atoms with van der Waals surface area (Å²) in [6.45, 7) is 2.86. The first-order valence-corrected chi connectivity index (χ1v) is 14.6. The molecule has 0 aliphatic carbocycles. The van der Waals surface area contributed by atoms with Crippen LogP contribution in [0.25, 0.3) is 10.8 Å². The van der Waals surface area contributed by atoms with Crippen LogP contribution in [0.2, 0.25) is 0 Å². The van der Waals surface area contributed by atoms with Gasteiger partial charge in [0.15, 0.2) is 0 Å². The van der Waals surface area contributed by atoms with Crippen molar-refractivity contribution in [1.82, 2.24) is 4.90 Å². The number of thioether (sulfide) groups is 1. The van der Waals surface area contributed by atoms with Gasteiger partial charge in [-0.15, -0.1) is 11.8 Å². The van der Waals surface area contributed by atoms with E-state index in [0.717, 1.165) is 35.7 Å². The van der Waals surface area contributed by atoms with Crippen molar-refractivity contribution in [3.05, 3.63) is 66.8 Å². The summed E-state index contributed by atoms with van der Waals surface area (Å²) < 4.78 is 4.10. The second-order valence-corrected chi connectivity index (χ2v) is 12.8. The summed E-state index contributed by atoms with van der Waals surface area (Å²) in [6.07, 6.45) is 11.1. The zero-order chi connectivity index (χ0) is 27.2. The molecule has 1 unspecified atom stereocenters. The maximum absolute atomic E-state index is 14.5. The van der Waals surface area contributed by atoms with E-state index in [1.54, 1.807) is 21.6 Å². The molecule has 4 aliphatic rings. The molecule has 39 heavy (non-hydrogen) atoms. The molecule has 2 fully saturated rings. The number of carbonyl (C=O) groups is 3. The predicted molar refractivity (Wildman–Crippen MR) is 152 cm³/mol. The Balaban J connectivity index is 1.46. The van der Waals surface area contributed by atoms with E-state index < -0.39 is 27.4 Å². The fourth-order valence-electron chi connectivity index (χ4n) is 6.85. The van der Waals surface area contributed by atoms with E-state index in [9.17, 15) is 19.5 Å². The van der Waals surface area contributed by atoms with Gasteiger partial charge in [-0.25, -0.2) is 0 Å². The normalized spacial score (nSPS) is 33.4. The Morgan fingerprint density at radius 1 is 1.00 bits per heavy atom. The Hall–Kier alpha value is -3.10. The maximum atomic E-state index is 14.5. The summed E-state index contributed by atoms with van der Waals surface area (Å²) in [6, 6.07) is 13.2. The fourth-order valence-corrected chi connectivity index (χ4v) is 9.01. The van der Waals surface area contributed by atoms with E-state index in [1.165, 1.54) is 0 Å². The van der Waals surface area contributed by atoms with Crippen molar-refractivity contribution in [2.75, 3.05) is 31.2 Å². The van der Waals surface area contributed by atoms with Gasteiger partial charge in [0, 0.05) is 30.1 Å². The minimum atomic E-state index is -0.925. The SMILES string of the molecule is C[C@]12/C=C\CCCCOC(=O)[C@H]1[C@H]1C(=O)N(CCCO)C3C(=O)N(c4ccc5ccccc5c4)CC=C[C@@]31S2. The van der Waals surface area contributed by atoms with E-state index in [4.69, 9.17) is 4.74 Å². The van der Waals surface area contributed by atoms with Crippen molar-refractivity contribution >= 4 is 46.0 Å². The summed E-state index contributed by atoms with van der Waals surface area (Å²) >= 11 is 1.55. The van der Waals surface area contributed by atoms with E-state index in [-0.39, 0.29) is 30.9 Å². The Bertz CT molecular complexity index is 1370. The highest BCUT2D eigenvalue weighted by atomic mass is 32.2. The zero-order valence-corrected chi connectivity index (χ0v) is 22.9. The number of esters is 1. The van der Waals surface area contributed by atoms with Gasteiger partial charge in [-0.05, 0) is 55.5 Å². The van der Waals surface area contributed by atoms with Crippen LogP contribution in [0.3, 0.4) is 0 Å². The topological polar surface area (TPSA) is 87.1 Å². The number of cyclic esters (lactones) is 1. The first-order chi connectivity index (χ1) is 18.9. The fraction of sp³-hybridized carbons (Fsp3) is 0.452. The highest BCUT2D eigenvalue weighted by molar-refractivity contribution is 8.02. The molecule has 2 aromatic carbocycles.